The summed E-state index contributed by atoms with van der Waals surface area (Å²) < 4.78 is 4.99. The standard InChI is InChI=1S/C14H20N6O/c1-3-15-12-9(2)13(20-14(19-12)10-4-5-10)16-7-6-11-17-8-18-21-11/h8,10H,3-7H2,1-2H3,(H2,15,16,19,20). The summed E-state index contributed by atoms with van der Waals surface area (Å²) in [6.45, 7) is 5.66. The first-order valence-electron chi connectivity index (χ1n) is 7.39. The predicted molar refractivity (Wildman–Crippen MR) is 79.4 cm³/mol. The molecule has 2 heterocycles. The molecule has 21 heavy (non-hydrogen) atoms. The molecule has 0 saturated heterocycles. The highest BCUT2D eigenvalue weighted by atomic mass is 16.5. The second-order valence-corrected chi connectivity index (χ2v) is 5.22. The van der Waals surface area contributed by atoms with Crippen LogP contribution in [0.5, 0.6) is 0 Å². The second-order valence-electron chi connectivity index (χ2n) is 5.22. The maximum Gasteiger partial charge on any atom is 0.228 e. The van der Waals surface area contributed by atoms with Crippen molar-refractivity contribution in [1.82, 2.24) is 20.1 Å². The van der Waals surface area contributed by atoms with Crippen molar-refractivity contribution < 1.29 is 4.52 Å². The van der Waals surface area contributed by atoms with Gasteiger partial charge in [-0.05, 0) is 26.7 Å². The molecule has 0 aromatic carbocycles. The summed E-state index contributed by atoms with van der Waals surface area (Å²) in [5.41, 5.74) is 1.05. The lowest BCUT2D eigenvalue weighted by molar-refractivity contribution is 0.379. The Balaban J connectivity index is 1.72. The second kappa shape index (κ2) is 6.07. The normalized spacial score (nSPS) is 14.2. The number of nitrogens with one attached hydrogen (secondary N) is 2. The number of nitrogens with zero attached hydrogens (tertiary/aromatic N) is 4. The maximum atomic E-state index is 4.99. The zero-order valence-electron chi connectivity index (χ0n) is 12.4. The highest BCUT2D eigenvalue weighted by Crippen LogP contribution is 2.39. The highest BCUT2D eigenvalue weighted by Gasteiger charge is 2.28. The Morgan fingerprint density at radius 2 is 2.00 bits per heavy atom. The van der Waals surface area contributed by atoms with E-state index in [9.17, 15) is 0 Å². The summed E-state index contributed by atoms with van der Waals surface area (Å²) in [5, 5.41) is 10.3. The molecule has 1 fully saturated rings. The smallest absolute Gasteiger partial charge is 0.228 e. The van der Waals surface area contributed by atoms with Gasteiger partial charge in [0.2, 0.25) is 5.89 Å². The van der Waals surface area contributed by atoms with Crippen LogP contribution in [0.2, 0.25) is 0 Å². The zero-order chi connectivity index (χ0) is 14.7. The molecule has 7 nitrogen and oxygen atoms in total. The topological polar surface area (TPSA) is 88.8 Å². The van der Waals surface area contributed by atoms with Crippen LogP contribution < -0.4 is 10.6 Å². The number of anilines is 2. The van der Waals surface area contributed by atoms with E-state index >= 15 is 0 Å². The first-order valence-corrected chi connectivity index (χ1v) is 7.39. The van der Waals surface area contributed by atoms with E-state index in [4.69, 9.17) is 4.52 Å². The molecule has 2 aromatic rings. The van der Waals surface area contributed by atoms with Crippen molar-refractivity contribution in [3.63, 3.8) is 0 Å². The SMILES string of the molecule is CCNc1nc(C2CC2)nc(NCCc2ncno2)c1C. The zero-order valence-corrected chi connectivity index (χ0v) is 12.4. The highest BCUT2D eigenvalue weighted by molar-refractivity contribution is 5.57. The van der Waals surface area contributed by atoms with Gasteiger partial charge in [-0.1, -0.05) is 5.16 Å². The van der Waals surface area contributed by atoms with Crippen molar-refractivity contribution in [1.29, 1.82) is 0 Å². The van der Waals surface area contributed by atoms with Gasteiger partial charge in [-0.25, -0.2) is 9.97 Å². The van der Waals surface area contributed by atoms with Gasteiger partial charge in [0.15, 0.2) is 6.33 Å². The molecule has 3 rings (SSSR count). The fourth-order valence-corrected chi connectivity index (χ4v) is 2.16. The van der Waals surface area contributed by atoms with E-state index in [-0.39, 0.29) is 0 Å². The van der Waals surface area contributed by atoms with Crippen LogP contribution in [0.1, 0.15) is 43.0 Å². The first-order chi connectivity index (χ1) is 10.3. The van der Waals surface area contributed by atoms with Gasteiger partial charge < -0.3 is 15.2 Å². The molecule has 0 atom stereocenters. The van der Waals surface area contributed by atoms with Crippen molar-refractivity contribution in [2.24, 2.45) is 0 Å². The van der Waals surface area contributed by atoms with E-state index in [1.54, 1.807) is 0 Å². The quantitative estimate of drug-likeness (QED) is 0.806. The monoisotopic (exact) mass is 288 g/mol. The van der Waals surface area contributed by atoms with E-state index in [0.29, 0.717) is 24.8 Å². The summed E-state index contributed by atoms with van der Waals surface area (Å²) in [5.74, 6) is 3.91. The van der Waals surface area contributed by atoms with Gasteiger partial charge in [0, 0.05) is 31.0 Å². The van der Waals surface area contributed by atoms with E-state index in [0.717, 1.165) is 29.6 Å². The molecule has 0 aliphatic heterocycles. The minimum atomic E-state index is 0.527. The molecule has 2 aromatic heterocycles. The average Bonchev–Trinajstić information content (AvgIpc) is 3.20. The maximum absolute atomic E-state index is 4.99. The van der Waals surface area contributed by atoms with Crippen LogP contribution in [0.15, 0.2) is 10.9 Å². The van der Waals surface area contributed by atoms with E-state index in [1.807, 2.05) is 6.92 Å². The Labute approximate surface area is 123 Å². The minimum absolute atomic E-state index is 0.527. The Morgan fingerprint density at radius 1 is 1.24 bits per heavy atom. The average molecular weight is 288 g/mol. The molecule has 1 aliphatic rings. The molecule has 0 spiro atoms. The summed E-state index contributed by atoms with van der Waals surface area (Å²) in [4.78, 5) is 13.3. The van der Waals surface area contributed by atoms with Crippen molar-refractivity contribution >= 4 is 11.6 Å². The predicted octanol–water partition coefficient (Wildman–Crippen LogP) is 2.13. The lowest BCUT2D eigenvalue weighted by Gasteiger charge is -2.14. The van der Waals surface area contributed by atoms with Gasteiger partial charge in [0.1, 0.15) is 17.5 Å². The summed E-state index contributed by atoms with van der Waals surface area (Å²) in [6, 6.07) is 0. The molecule has 0 unspecified atom stereocenters. The molecule has 2 N–H and O–H groups in total. The number of rotatable bonds is 7. The van der Waals surface area contributed by atoms with Crippen LogP contribution in [-0.2, 0) is 6.42 Å². The van der Waals surface area contributed by atoms with Crippen LogP contribution in [0.3, 0.4) is 0 Å². The first kappa shape index (κ1) is 13.8. The minimum Gasteiger partial charge on any atom is -0.370 e. The number of aromatic nitrogens is 4. The molecular formula is C14H20N6O. The molecule has 7 heteroatoms. The molecule has 1 saturated carbocycles. The van der Waals surface area contributed by atoms with Crippen molar-refractivity contribution in [2.75, 3.05) is 23.7 Å². The third-order valence-corrected chi connectivity index (χ3v) is 3.49. The van der Waals surface area contributed by atoms with Gasteiger partial charge in [-0.3, -0.25) is 0 Å². The van der Waals surface area contributed by atoms with Crippen LogP contribution in [0.4, 0.5) is 11.6 Å². The van der Waals surface area contributed by atoms with Gasteiger partial charge >= 0.3 is 0 Å². The summed E-state index contributed by atoms with van der Waals surface area (Å²) in [6.07, 6.45) is 4.48. The van der Waals surface area contributed by atoms with Crippen LogP contribution in [0.25, 0.3) is 0 Å². The number of hydrogen-bond acceptors (Lipinski definition) is 7. The Kier molecular flexibility index (Phi) is 3.98. The molecular weight excluding hydrogens is 268 g/mol. The van der Waals surface area contributed by atoms with Crippen molar-refractivity contribution in [3.05, 3.63) is 23.6 Å². The van der Waals surface area contributed by atoms with Gasteiger partial charge in [0.05, 0.1) is 0 Å². The Bertz CT molecular complexity index is 594. The molecule has 0 bridgehead atoms. The van der Waals surface area contributed by atoms with Crippen molar-refractivity contribution in [3.8, 4) is 0 Å². The fraction of sp³-hybridized carbons (Fsp3) is 0.571. The molecule has 0 amide bonds. The summed E-state index contributed by atoms with van der Waals surface area (Å²) in [7, 11) is 0. The third kappa shape index (κ3) is 3.29. The molecule has 112 valence electrons. The Morgan fingerprint density at radius 3 is 2.62 bits per heavy atom. The summed E-state index contributed by atoms with van der Waals surface area (Å²) >= 11 is 0. The van der Waals surface area contributed by atoms with E-state index in [1.165, 1.54) is 19.2 Å². The van der Waals surface area contributed by atoms with Crippen LogP contribution in [-0.4, -0.2) is 33.2 Å². The Hall–Kier alpha value is -2.18. The van der Waals surface area contributed by atoms with Gasteiger partial charge in [-0.15, -0.1) is 0 Å². The molecule has 1 aliphatic carbocycles. The van der Waals surface area contributed by atoms with Crippen molar-refractivity contribution in [2.45, 2.75) is 39.0 Å². The fourth-order valence-electron chi connectivity index (χ4n) is 2.16. The van der Waals surface area contributed by atoms with Gasteiger partial charge in [0.25, 0.3) is 0 Å². The van der Waals surface area contributed by atoms with Crippen LogP contribution >= 0.6 is 0 Å². The van der Waals surface area contributed by atoms with E-state index < -0.39 is 0 Å². The lowest BCUT2D eigenvalue weighted by Crippen LogP contribution is -2.13. The third-order valence-electron chi connectivity index (χ3n) is 3.49. The van der Waals surface area contributed by atoms with Crippen LogP contribution in [0, 0.1) is 6.92 Å². The lowest BCUT2D eigenvalue weighted by atomic mass is 10.2. The van der Waals surface area contributed by atoms with Gasteiger partial charge in [-0.2, -0.15) is 4.98 Å². The van der Waals surface area contributed by atoms with E-state index in [2.05, 4.69) is 37.7 Å². The molecule has 0 radical (unpaired) electrons. The number of hydrogen-bond donors (Lipinski definition) is 2. The largest absolute Gasteiger partial charge is 0.370 e.